The zero-order valence-electron chi connectivity index (χ0n) is 9.16. The first-order valence-electron chi connectivity index (χ1n) is 6.08. The molecule has 3 heteroatoms. The molecule has 0 N–H and O–H groups in total. The summed E-state index contributed by atoms with van der Waals surface area (Å²) in [7, 11) is -1.24. The van der Waals surface area contributed by atoms with Crippen molar-refractivity contribution in [3.05, 3.63) is 22.9 Å². The van der Waals surface area contributed by atoms with E-state index in [9.17, 15) is 0 Å². The van der Waals surface area contributed by atoms with Crippen LogP contribution in [0.5, 0.6) is 0 Å². The molecule has 0 nitrogen and oxygen atoms in total. The SMILES string of the molecule is c1cc2c(s1)-c1sccc1[Si]21CCCCC1. The van der Waals surface area contributed by atoms with E-state index in [1.54, 1.807) is 20.1 Å². The number of hydrogen-bond donors (Lipinski definition) is 0. The van der Waals surface area contributed by atoms with Crippen LogP contribution in [0.1, 0.15) is 19.3 Å². The molecule has 1 fully saturated rings. The predicted octanol–water partition coefficient (Wildman–Crippen LogP) is 3.54. The summed E-state index contributed by atoms with van der Waals surface area (Å²) < 4.78 is 0. The molecule has 0 saturated carbocycles. The summed E-state index contributed by atoms with van der Waals surface area (Å²) >= 11 is 3.94. The van der Waals surface area contributed by atoms with Crippen molar-refractivity contribution in [1.29, 1.82) is 0 Å². The smallest absolute Gasteiger partial charge is 0.122 e. The Morgan fingerprint density at radius 3 is 1.94 bits per heavy atom. The van der Waals surface area contributed by atoms with E-state index in [0.29, 0.717) is 0 Å². The second-order valence-corrected chi connectivity index (χ2v) is 11.0. The molecule has 2 aliphatic rings. The fourth-order valence-corrected chi connectivity index (χ4v) is 12.6. The molecule has 0 atom stereocenters. The van der Waals surface area contributed by atoms with Crippen LogP contribution in [-0.2, 0) is 0 Å². The van der Waals surface area contributed by atoms with Crippen LogP contribution in [0.4, 0.5) is 0 Å². The largest absolute Gasteiger partial charge is 0.143 e. The summed E-state index contributed by atoms with van der Waals surface area (Å²) in [5.41, 5.74) is 0. The zero-order chi connectivity index (χ0) is 10.6. The predicted molar refractivity (Wildman–Crippen MR) is 76.1 cm³/mol. The molecule has 2 aromatic rings. The summed E-state index contributed by atoms with van der Waals surface area (Å²) in [5.74, 6) is 0. The molecule has 4 heterocycles. The lowest BCUT2D eigenvalue weighted by Gasteiger charge is -2.32. The van der Waals surface area contributed by atoms with Crippen LogP contribution in [0.2, 0.25) is 12.1 Å². The molecule has 1 saturated heterocycles. The van der Waals surface area contributed by atoms with Gasteiger partial charge in [-0.2, -0.15) is 0 Å². The molecule has 0 unspecified atom stereocenters. The Kier molecular flexibility index (Phi) is 1.99. The Hall–Kier alpha value is -0.383. The minimum absolute atomic E-state index is 1.24. The van der Waals surface area contributed by atoms with Gasteiger partial charge in [0, 0.05) is 9.75 Å². The summed E-state index contributed by atoms with van der Waals surface area (Å²) in [6.45, 7) is 0. The number of thiophene rings is 2. The molecule has 4 rings (SSSR count). The van der Waals surface area contributed by atoms with Gasteiger partial charge in [-0.05, 0) is 33.2 Å². The summed E-state index contributed by atoms with van der Waals surface area (Å²) in [5, 5.41) is 8.21. The van der Waals surface area contributed by atoms with Gasteiger partial charge in [0.15, 0.2) is 0 Å². The molecule has 1 spiro atoms. The molecule has 2 aliphatic heterocycles. The van der Waals surface area contributed by atoms with Gasteiger partial charge >= 0.3 is 0 Å². The number of fused-ring (bicyclic) bond motifs is 5. The fraction of sp³-hybridized carbons (Fsp3) is 0.385. The minimum atomic E-state index is -1.24. The van der Waals surface area contributed by atoms with Crippen molar-refractivity contribution in [3.8, 4) is 9.75 Å². The van der Waals surface area contributed by atoms with Crippen LogP contribution < -0.4 is 10.4 Å². The second kappa shape index (κ2) is 3.31. The lowest BCUT2D eigenvalue weighted by Crippen LogP contribution is -2.55. The summed E-state index contributed by atoms with van der Waals surface area (Å²) in [4.78, 5) is 3.28. The third-order valence-electron chi connectivity index (χ3n) is 4.27. The van der Waals surface area contributed by atoms with E-state index >= 15 is 0 Å². The Morgan fingerprint density at radius 1 is 0.812 bits per heavy atom. The van der Waals surface area contributed by atoms with Crippen LogP contribution in [-0.4, -0.2) is 8.07 Å². The van der Waals surface area contributed by atoms with Crippen molar-refractivity contribution >= 4 is 41.1 Å². The van der Waals surface area contributed by atoms with E-state index in [2.05, 4.69) is 22.9 Å². The van der Waals surface area contributed by atoms with Crippen molar-refractivity contribution in [3.63, 3.8) is 0 Å². The Bertz CT molecular complexity index is 489. The Labute approximate surface area is 105 Å². The van der Waals surface area contributed by atoms with E-state index in [0.717, 1.165) is 0 Å². The third kappa shape index (κ3) is 1.04. The fourth-order valence-electron chi connectivity index (χ4n) is 3.56. The van der Waals surface area contributed by atoms with Crippen LogP contribution in [0.25, 0.3) is 9.75 Å². The number of hydrogen-bond acceptors (Lipinski definition) is 2. The van der Waals surface area contributed by atoms with Gasteiger partial charge in [0.05, 0.1) is 0 Å². The Morgan fingerprint density at radius 2 is 1.38 bits per heavy atom. The maximum absolute atomic E-state index is 2.45. The normalized spacial score (nSPS) is 21.0. The lowest BCUT2D eigenvalue weighted by molar-refractivity contribution is 0.721. The van der Waals surface area contributed by atoms with E-state index in [-0.39, 0.29) is 0 Å². The van der Waals surface area contributed by atoms with Crippen molar-refractivity contribution < 1.29 is 0 Å². The number of rotatable bonds is 0. The maximum Gasteiger partial charge on any atom is 0.122 e. The van der Waals surface area contributed by atoms with Gasteiger partial charge in [-0.3, -0.25) is 0 Å². The third-order valence-corrected chi connectivity index (χ3v) is 11.9. The second-order valence-electron chi connectivity index (χ2n) is 4.97. The van der Waals surface area contributed by atoms with Crippen LogP contribution >= 0.6 is 22.7 Å². The first kappa shape index (κ1) is 9.63. The van der Waals surface area contributed by atoms with E-state index in [1.807, 2.05) is 22.7 Å². The highest BCUT2D eigenvalue weighted by Gasteiger charge is 2.47. The van der Waals surface area contributed by atoms with Crippen LogP contribution in [0.3, 0.4) is 0 Å². The molecule has 0 radical (unpaired) electrons. The average Bonchev–Trinajstić information content (AvgIpc) is 3.00. The van der Waals surface area contributed by atoms with Crippen molar-refractivity contribution in [2.75, 3.05) is 0 Å². The first-order valence-corrected chi connectivity index (χ1v) is 10.3. The summed E-state index contributed by atoms with van der Waals surface area (Å²) in [6, 6.07) is 7.93. The zero-order valence-corrected chi connectivity index (χ0v) is 11.8. The molecular formula is C13H14S2Si. The molecule has 2 aromatic heterocycles. The standard InChI is InChI=1S/C13H14S2Si/c1-2-8-16(9-3-1)10-4-6-14-12(10)13-11(16)5-7-15-13/h4-7H,1-3,8-9H2. The molecule has 16 heavy (non-hydrogen) atoms. The van der Waals surface area contributed by atoms with Gasteiger partial charge in [-0.25, -0.2) is 0 Å². The van der Waals surface area contributed by atoms with Crippen LogP contribution in [0.15, 0.2) is 22.9 Å². The quantitative estimate of drug-likeness (QED) is 0.637. The van der Waals surface area contributed by atoms with Gasteiger partial charge in [-0.15, -0.1) is 22.7 Å². The van der Waals surface area contributed by atoms with Gasteiger partial charge < -0.3 is 0 Å². The maximum atomic E-state index is 2.45. The molecule has 0 aliphatic carbocycles. The van der Waals surface area contributed by atoms with Gasteiger partial charge in [0.1, 0.15) is 8.07 Å². The van der Waals surface area contributed by atoms with Gasteiger partial charge in [0.25, 0.3) is 0 Å². The highest BCUT2D eigenvalue weighted by molar-refractivity contribution is 7.27. The molecule has 82 valence electrons. The molecular weight excluding hydrogens is 248 g/mol. The molecule has 0 amide bonds. The monoisotopic (exact) mass is 262 g/mol. The van der Waals surface area contributed by atoms with Gasteiger partial charge in [-0.1, -0.05) is 31.4 Å². The topological polar surface area (TPSA) is 0 Å². The molecule has 0 aromatic carbocycles. The average molecular weight is 262 g/mol. The van der Waals surface area contributed by atoms with Crippen molar-refractivity contribution in [1.82, 2.24) is 0 Å². The van der Waals surface area contributed by atoms with Crippen LogP contribution in [0, 0.1) is 0 Å². The highest BCUT2D eigenvalue weighted by atomic mass is 32.1. The van der Waals surface area contributed by atoms with Crippen molar-refractivity contribution in [2.24, 2.45) is 0 Å². The van der Waals surface area contributed by atoms with E-state index < -0.39 is 8.07 Å². The van der Waals surface area contributed by atoms with E-state index in [4.69, 9.17) is 0 Å². The Balaban J connectivity index is 2.01. The lowest BCUT2D eigenvalue weighted by atomic mass is 10.3. The first-order chi connectivity index (χ1) is 7.92. The summed E-state index contributed by atoms with van der Waals surface area (Å²) in [6.07, 6.45) is 4.40. The van der Waals surface area contributed by atoms with Crippen molar-refractivity contribution in [2.45, 2.75) is 31.4 Å². The minimum Gasteiger partial charge on any atom is -0.143 e. The molecule has 0 bridgehead atoms. The van der Waals surface area contributed by atoms with E-state index in [1.165, 1.54) is 31.4 Å². The van der Waals surface area contributed by atoms with Gasteiger partial charge in [0.2, 0.25) is 0 Å². The highest BCUT2D eigenvalue weighted by Crippen LogP contribution is 2.41.